The van der Waals surface area contributed by atoms with Gasteiger partial charge < -0.3 is 15.2 Å². The fourth-order valence-electron chi connectivity index (χ4n) is 3.09. The van der Waals surface area contributed by atoms with E-state index in [-0.39, 0.29) is 29.5 Å². The smallest absolute Gasteiger partial charge is 0.421 e. The fraction of sp³-hybridized carbons (Fsp3) is 0.294. The van der Waals surface area contributed by atoms with Gasteiger partial charge in [-0.05, 0) is 29.4 Å². The van der Waals surface area contributed by atoms with Crippen LogP contribution in [0, 0.1) is 11.3 Å². The van der Waals surface area contributed by atoms with Gasteiger partial charge in [-0.15, -0.1) is 0 Å². The molecule has 0 aliphatic carbocycles. The van der Waals surface area contributed by atoms with E-state index in [1.54, 1.807) is 6.07 Å². The highest BCUT2D eigenvalue weighted by Crippen LogP contribution is 2.38. The minimum atomic E-state index is -4.65. The Balaban J connectivity index is 1.93. The van der Waals surface area contributed by atoms with Gasteiger partial charge >= 0.3 is 6.18 Å². The molecule has 1 aliphatic rings. The third kappa shape index (κ3) is 3.88. The minimum Gasteiger partial charge on any atom is -0.611 e. The molecule has 11 heteroatoms. The van der Waals surface area contributed by atoms with Crippen LogP contribution in [0.5, 0.6) is 0 Å². The van der Waals surface area contributed by atoms with Crippen molar-refractivity contribution in [2.24, 2.45) is 5.73 Å². The lowest BCUT2D eigenvalue weighted by molar-refractivity contribution is -0.139. The number of alkyl halides is 3. The van der Waals surface area contributed by atoms with Crippen LogP contribution in [0.4, 0.5) is 19.0 Å². The van der Waals surface area contributed by atoms with E-state index in [0.717, 1.165) is 6.07 Å². The molecular weight excluding hydrogens is 395 g/mol. The summed E-state index contributed by atoms with van der Waals surface area (Å²) in [6.07, 6.45) is -3.33. The summed E-state index contributed by atoms with van der Waals surface area (Å²) in [4.78, 5) is 20.7. The number of benzene rings is 1. The highest BCUT2D eigenvalue weighted by molar-refractivity contribution is 7.92. The third-order valence-corrected chi connectivity index (χ3v) is 6.07. The Hall–Kier alpha value is -2.84. The van der Waals surface area contributed by atoms with Crippen molar-refractivity contribution in [3.05, 3.63) is 47.9 Å². The molecule has 2 N–H and O–H groups in total. The summed E-state index contributed by atoms with van der Waals surface area (Å²) in [5, 5.41) is 8.16. The molecule has 1 aromatic carbocycles. The highest BCUT2D eigenvalue weighted by Gasteiger charge is 2.45. The minimum absolute atomic E-state index is 0.0000254. The van der Waals surface area contributed by atoms with E-state index in [4.69, 9.17) is 11.0 Å². The highest BCUT2D eigenvalue weighted by atomic mass is 32.2. The molecule has 2 aromatic rings. The number of amides is 1. The van der Waals surface area contributed by atoms with Gasteiger partial charge in [0.05, 0.1) is 6.54 Å². The first-order valence-corrected chi connectivity index (χ1v) is 9.29. The molecule has 1 fully saturated rings. The lowest BCUT2D eigenvalue weighted by Gasteiger charge is -2.23. The average Bonchev–Trinajstić information content (AvgIpc) is 3.12. The third-order valence-electron chi connectivity index (χ3n) is 4.34. The zero-order valence-electron chi connectivity index (χ0n) is 14.3. The number of hydrogen-bond donors (Lipinski definition) is 1. The van der Waals surface area contributed by atoms with Gasteiger partial charge in [-0.3, -0.25) is 4.79 Å². The molecule has 0 radical (unpaired) electrons. The number of rotatable bonds is 4. The van der Waals surface area contributed by atoms with E-state index < -0.39 is 40.1 Å². The molecule has 28 heavy (non-hydrogen) atoms. The Morgan fingerprint density at radius 1 is 1.36 bits per heavy atom. The maximum Gasteiger partial charge on any atom is 0.421 e. The number of primary amides is 1. The molecule has 1 unspecified atom stereocenters. The van der Waals surface area contributed by atoms with Crippen LogP contribution >= 0.6 is 0 Å². The lowest BCUT2D eigenvalue weighted by atomic mass is 10.2. The van der Waals surface area contributed by atoms with E-state index in [1.807, 2.05) is 0 Å². The van der Waals surface area contributed by atoms with E-state index in [2.05, 4.69) is 9.97 Å². The zero-order chi connectivity index (χ0) is 20.5. The number of hydrogen-bond acceptors (Lipinski definition) is 6. The predicted octanol–water partition coefficient (Wildman–Crippen LogP) is 1.61. The number of nitriles is 1. The van der Waals surface area contributed by atoms with E-state index in [0.29, 0.717) is 0 Å². The second-order valence-electron chi connectivity index (χ2n) is 6.07. The topological polar surface area (TPSA) is 119 Å². The van der Waals surface area contributed by atoms with Gasteiger partial charge in [0, 0.05) is 12.6 Å². The van der Waals surface area contributed by atoms with E-state index in [9.17, 15) is 22.5 Å². The summed E-state index contributed by atoms with van der Waals surface area (Å²) in [5.74, 6) is -0.632. The summed E-state index contributed by atoms with van der Waals surface area (Å²) in [6, 6.07) is 6.95. The lowest BCUT2D eigenvalue weighted by Crippen LogP contribution is -2.40. The number of carbonyl (C=O) groups is 1. The van der Waals surface area contributed by atoms with Gasteiger partial charge in [-0.1, -0.05) is 12.1 Å². The SMILES string of the molecule is N#Cc1nccc(N2C[C@@H]([S+]([O-])c3ccccc3C(F)(F)F)C[C@H]2C(N)=O)n1. The van der Waals surface area contributed by atoms with Crippen molar-refractivity contribution < 1.29 is 22.5 Å². The van der Waals surface area contributed by atoms with Crippen molar-refractivity contribution in [3.63, 3.8) is 0 Å². The zero-order valence-corrected chi connectivity index (χ0v) is 15.1. The second kappa shape index (κ2) is 7.65. The van der Waals surface area contributed by atoms with Crippen molar-refractivity contribution in [1.29, 1.82) is 5.26 Å². The molecule has 3 rings (SSSR count). The summed E-state index contributed by atoms with van der Waals surface area (Å²) in [7, 11) is 0. The van der Waals surface area contributed by atoms with Gasteiger partial charge in [-0.2, -0.15) is 18.4 Å². The maximum atomic E-state index is 13.3. The standard InChI is InChI=1S/C17H14F3N5O2S/c18-17(19,20)11-3-1-2-4-13(11)28(27)10-7-12(16(22)26)25(9-10)15-5-6-23-14(8-21)24-15/h1-6,10,12H,7,9H2,(H2,22,26)/t10-,12-,28?/m0/s1. The Bertz CT molecular complexity index is 933. The maximum absolute atomic E-state index is 13.3. The first kappa shape index (κ1) is 19.9. The first-order valence-electron chi connectivity index (χ1n) is 8.08. The number of nitrogens with zero attached hydrogens (tertiary/aromatic N) is 4. The largest absolute Gasteiger partial charge is 0.611 e. The van der Waals surface area contributed by atoms with Gasteiger partial charge in [0.1, 0.15) is 28.7 Å². The van der Waals surface area contributed by atoms with Gasteiger partial charge in [0.25, 0.3) is 0 Å². The van der Waals surface area contributed by atoms with Crippen molar-refractivity contribution in [1.82, 2.24) is 9.97 Å². The monoisotopic (exact) mass is 409 g/mol. The van der Waals surface area contributed by atoms with Crippen LogP contribution in [0.25, 0.3) is 0 Å². The number of halogens is 3. The molecule has 0 bridgehead atoms. The van der Waals surface area contributed by atoms with Crippen LogP contribution < -0.4 is 10.6 Å². The summed E-state index contributed by atoms with van der Waals surface area (Å²) >= 11 is -2.03. The molecule has 7 nitrogen and oxygen atoms in total. The molecule has 2 heterocycles. The van der Waals surface area contributed by atoms with Gasteiger partial charge in [0.2, 0.25) is 11.7 Å². The molecular formula is C17H14F3N5O2S. The molecule has 1 aliphatic heterocycles. The number of nitrogens with two attached hydrogens (primary N) is 1. The van der Waals surface area contributed by atoms with Crippen LogP contribution in [0.3, 0.4) is 0 Å². The normalized spacial score (nSPS) is 20.6. The Morgan fingerprint density at radius 2 is 2.07 bits per heavy atom. The van der Waals surface area contributed by atoms with Crippen LogP contribution in [0.15, 0.2) is 41.4 Å². The summed E-state index contributed by atoms with van der Waals surface area (Å²) in [6.45, 7) is -0.00566. The molecule has 1 aromatic heterocycles. The van der Waals surface area contributed by atoms with E-state index >= 15 is 0 Å². The average molecular weight is 409 g/mol. The van der Waals surface area contributed by atoms with Crippen molar-refractivity contribution >= 4 is 22.9 Å². The molecule has 1 saturated heterocycles. The van der Waals surface area contributed by atoms with Crippen LogP contribution in [0.1, 0.15) is 17.8 Å². The molecule has 0 spiro atoms. The summed E-state index contributed by atoms with van der Waals surface area (Å²) < 4.78 is 52.7. The van der Waals surface area contributed by atoms with Crippen LogP contribution in [-0.4, -0.2) is 38.3 Å². The second-order valence-corrected chi connectivity index (χ2v) is 7.77. The van der Waals surface area contributed by atoms with Gasteiger partial charge in [-0.25, -0.2) is 9.97 Å². The van der Waals surface area contributed by atoms with Crippen molar-refractivity contribution in [2.45, 2.75) is 28.8 Å². The van der Waals surface area contributed by atoms with E-state index in [1.165, 1.54) is 35.4 Å². The van der Waals surface area contributed by atoms with Crippen LogP contribution in [0.2, 0.25) is 0 Å². The first-order chi connectivity index (χ1) is 13.2. The van der Waals surface area contributed by atoms with Gasteiger partial charge in [0.15, 0.2) is 4.90 Å². The Morgan fingerprint density at radius 3 is 2.71 bits per heavy atom. The molecule has 0 saturated carbocycles. The Labute approximate surface area is 161 Å². The molecule has 3 atom stereocenters. The Kier molecular flexibility index (Phi) is 5.44. The predicted molar refractivity (Wildman–Crippen MR) is 93.3 cm³/mol. The van der Waals surface area contributed by atoms with Crippen molar-refractivity contribution in [3.8, 4) is 6.07 Å². The summed E-state index contributed by atoms with van der Waals surface area (Å²) in [5.41, 5.74) is 4.45. The fourth-order valence-corrected chi connectivity index (χ4v) is 4.72. The number of anilines is 1. The van der Waals surface area contributed by atoms with Crippen LogP contribution in [-0.2, 0) is 22.1 Å². The molecule has 146 valence electrons. The molecule has 1 amide bonds. The number of carbonyl (C=O) groups excluding carboxylic acids is 1. The quantitative estimate of drug-likeness (QED) is 0.767. The number of aromatic nitrogens is 2. The van der Waals surface area contributed by atoms with Crippen molar-refractivity contribution in [2.75, 3.05) is 11.4 Å².